The van der Waals surface area contributed by atoms with Gasteiger partial charge in [-0.25, -0.2) is 12.8 Å². The normalized spacial score (nSPS) is 11.6. The summed E-state index contributed by atoms with van der Waals surface area (Å²) in [6.45, 7) is 7.65. The first-order valence-electron chi connectivity index (χ1n) is 8.39. The van der Waals surface area contributed by atoms with Crippen molar-refractivity contribution < 1.29 is 17.6 Å². The number of benzene rings is 2. The smallest absolute Gasteiger partial charge is 0.255 e. The summed E-state index contributed by atoms with van der Waals surface area (Å²) in [5.74, 6) is -0.821. The highest BCUT2D eigenvalue weighted by Crippen LogP contribution is 2.22. The second kappa shape index (κ2) is 7.97. The first kappa shape index (κ1) is 20.1. The molecule has 2 rings (SSSR count). The first-order valence-corrected chi connectivity index (χ1v) is 9.83. The quantitative estimate of drug-likeness (QED) is 0.833. The van der Waals surface area contributed by atoms with Crippen molar-refractivity contribution in [2.24, 2.45) is 0 Å². The molecule has 0 aliphatic heterocycles. The summed E-state index contributed by atoms with van der Waals surface area (Å²) in [5, 5.41) is 2.72. The lowest BCUT2D eigenvalue weighted by Gasteiger charge is -2.19. The van der Waals surface area contributed by atoms with Crippen LogP contribution in [-0.4, -0.2) is 31.7 Å². The minimum Gasteiger partial charge on any atom is -0.322 e. The Hall–Kier alpha value is -2.25. The molecule has 0 atom stereocenters. The van der Waals surface area contributed by atoms with E-state index in [-0.39, 0.29) is 16.3 Å². The summed E-state index contributed by atoms with van der Waals surface area (Å²) in [6.07, 6.45) is 0. The highest BCUT2D eigenvalue weighted by Gasteiger charge is 2.23. The second-order valence-corrected chi connectivity index (χ2v) is 7.92. The number of hydrogen-bond acceptors (Lipinski definition) is 3. The van der Waals surface area contributed by atoms with Crippen molar-refractivity contribution in [1.29, 1.82) is 0 Å². The number of nitrogens with zero attached hydrogens (tertiary/aromatic N) is 1. The number of carbonyl (C=O) groups excluding carboxylic acids is 1. The molecule has 140 valence electrons. The van der Waals surface area contributed by atoms with Gasteiger partial charge in [0.1, 0.15) is 5.82 Å². The van der Waals surface area contributed by atoms with Gasteiger partial charge in [-0.3, -0.25) is 4.79 Å². The number of amides is 1. The van der Waals surface area contributed by atoms with Crippen molar-refractivity contribution in [1.82, 2.24) is 4.31 Å². The third-order valence-electron chi connectivity index (χ3n) is 4.23. The van der Waals surface area contributed by atoms with Crippen LogP contribution in [0, 0.1) is 19.7 Å². The Morgan fingerprint density at radius 1 is 1.04 bits per heavy atom. The van der Waals surface area contributed by atoms with Crippen molar-refractivity contribution in [3.63, 3.8) is 0 Å². The van der Waals surface area contributed by atoms with Gasteiger partial charge in [-0.1, -0.05) is 19.9 Å². The van der Waals surface area contributed by atoms with Gasteiger partial charge in [0.15, 0.2) is 0 Å². The van der Waals surface area contributed by atoms with Gasteiger partial charge < -0.3 is 5.32 Å². The van der Waals surface area contributed by atoms with Crippen LogP contribution in [0.4, 0.5) is 10.1 Å². The van der Waals surface area contributed by atoms with E-state index in [0.29, 0.717) is 29.9 Å². The minimum atomic E-state index is -3.66. The molecule has 1 amide bonds. The number of halogens is 1. The predicted molar refractivity (Wildman–Crippen MR) is 100 cm³/mol. The van der Waals surface area contributed by atoms with Crippen LogP contribution in [0.15, 0.2) is 41.3 Å². The number of aryl methyl sites for hydroxylation is 2. The molecule has 0 saturated carbocycles. The Kier molecular flexibility index (Phi) is 6.15. The van der Waals surface area contributed by atoms with Crippen molar-refractivity contribution in [3.8, 4) is 0 Å². The van der Waals surface area contributed by atoms with E-state index < -0.39 is 15.9 Å². The molecule has 26 heavy (non-hydrogen) atoms. The Morgan fingerprint density at radius 2 is 1.69 bits per heavy atom. The van der Waals surface area contributed by atoms with E-state index in [9.17, 15) is 17.6 Å². The van der Waals surface area contributed by atoms with Crippen LogP contribution in [-0.2, 0) is 10.0 Å². The highest BCUT2D eigenvalue weighted by atomic mass is 32.2. The summed E-state index contributed by atoms with van der Waals surface area (Å²) >= 11 is 0. The molecule has 0 bridgehead atoms. The van der Waals surface area contributed by atoms with E-state index in [4.69, 9.17) is 0 Å². The molecular formula is C19H23FN2O3S. The molecule has 0 fully saturated rings. The maximum atomic E-state index is 13.2. The molecule has 0 spiro atoms. The van der Waals surface area contributed by atoms with E-state index in [1.165, 1.54) is 34.6 Å². The van der Waals surface area contributed by atoms with Crippen molar-refractivity contribution in [2.75, 3.05) is 18.4 Å². The molecule has 0 saturated heterocycles. The second-order valence-electron chi connectivity index (χ2n) is 5.98. The molecule has 2 aromatic rings. The average molecular weight is 378 g/mol. The van der Waals surface area contributed by atoms with Gasteiger partial charge in [0.05, 0.1) is 4.90 Å². The fraction of sp³-hybridized carbons (Fsp3) is 0.316. The Labute approximate surface area is 153 Å². The molecule has 0 aliphatic carbocycles. The molecule has 7 heteroatoms. The lowest BCUT2D eigenvalue weighted by Crippen LogP contribution is -2.30. The van der Waals surface area contributed by atoms with Crippen LogP contribution in [0.1, 0.15) is 35.3 Å². The van der Waals surface area contributed by atoms with E-state index >= 15 is 0 Å². The van der Waals surface area contributed by atoms with Crippen LogP contribution in [0.25, 0.3) is 0 Å². The van der Waals surface area contributed by atoms with Crippen LogP contribution in [0.2, 0.25) is 0 Å². The van der Waals surface area contributed by atoms with Gasteiger partial charge in [0.25, 0.3) is 5.91 Å². The SMILES string of the molecule is CCN(CC)S(=O)(=O)c1ccc(C)c(C(=O)Nc2ccc(F)cc2C)c1. The number of carbonyl (C=O) groups is 1. The maximum absolute atomic E-state index is 13.2. The van der Waals surface area contributed by atoms with Gasteiger partial charge in [-0.15, -0.1) is 0 Å². The molecule has 0 aromatic heterocycles. The number of hydrogen-bond donors (Lipinski definition) is 1. The van der Waals surface area contributed by atoms with Gasteiger partial charge in [-0.05, 0) is 55.3 Å². The van der Waals surface area contributed by atoms with Gasteiger partial charge >= 0.3 is 0 Å². The Balaban J connectivity index is 2.39. The summed E-state index contributed by atoms with van der Waals surface area (Å²) < 4.78 is 39.9. The predicted octanol–water partition coefficient (Wildman–Crippen LogP) is 3.73. The molecule has 0 radical (unpaired) electrons. The highest BCUT2D eigenvalue weighted by molar-refractivity contribution is 7.89. The topological polar surface area (TPSA) is 66.5 Å². The van der Waals surface area contributed by atoms with E-state index in [0.717, 1.165) is 0 Å². The third-order valence-corrected chi connectivity index (χ3v) is 6.28. The lowest BCUT2D eigenvalue weighted by atomic mass is 10.1. The zero-order valence-corrected chi connectivity index (χ0v) is 16.2. The zero-order valence-electron chi connectivity index (χ0n) is 15.3. The lowest BCUT2D eigenvalue weighted by molar-refractivity contribution is 0.102. The van der Waals surface area contributed by atoms with Crippen LogP contribution >= 0.6 is 0 Å². The number of rotatable bonds is 6. The van der Waals surface area contributed by atoms with Crippen LogP contribution in [0.5, 0.6) is 0 Å². The summed E-state index contributed by atoms with van der Waals surface area (Å²) in [4.78, 5) is 12.7. The fourth-order valence-corrected chi connectivity index (χ4v) is 4.16. The monoisotopic (exact) mass is 378 g/mol. The zero-order chi connectivity index (χ0) is 19.5. The Bertz CT molecular complexity index is 922. The van der Waals surface area contributed by atoms with Gasteiger partial charge in [-0.2, -0.15) is 4.31 Å². The van der Waals surface area contributed by atoms with E-state index in [1.807, 2.05) is 0 Å². The molecule has 1 N–H and O–H groups in total. The fourth-order valence-electron chi connectivity index (χ4n) is 2.68. The van der Waals surface area contributed by atoms with Crippen LogP contribution < -0.4 is 5.32 Å². The first-order chi connectivity index (χ1) is 12.2. The molecule has 0 aliphatic rings. The van der Waals surface area contributed by atoms with Crippen molar-refractivity contribution >= 4 is 21.6 Å². The molecular weight excluding hydrogens is 355 g/mol. The molecule has 5 nitrogen and oxygen atoms in total. The summed E-state index contributed by atoms with van der Waals surface area (Å²) in [6, 6.07) is 8.57. The van der Waals surface area contributed by atoms with Crippen molar-refractivity contribution in [3.05, 3.63) is 58.9 Å². The minimum absolute atomic E-state index is 0.0766. The standard InChI is InChI=1S/C19H23FN2O3S/c1-5-22(6-2)26(24,25)16-9-7-13(3)17(12-16)19(23)21-18-10-8-15(20)11-14(18)4/h7-12H,5-6H2,1-4H3,(H,21,23). The molecule has 0 unspecified atom stereocenters. The largest absolute Gasteiger partial charge is 0.322 e. The van der Waals surface area contributed by atoms with E-state index in [1.54, 1.807) is 33.8 Å². The maximum Gasteiger partial charge on any atom is 0.255 e. The van der Waals surface area contributed by atoms with Crippen LogP contribution in [0.3, 0.4) is 0 Å². The third kappa shape index (κ3) is 4.11. The number of sulfonamides is 1. The van der Waals surface area contributed by atoms with Crippen molar-refractivity contribution in [2.45, 2.75) is 32.6 Å². The molecule has 2 aromatic carbocycles. The summed E-state index contributed by atoms with van der Waals surface area (Å²) in [5.41, 5.74) is 1.98. The molecule has 0 heterocycles. The number of nitrogens with one attached hydrogen (secondary N) is 1. The van der Waals surface area contributed by atoms with E-state index in [2.05, 4.69) is 5.32 Å². The average Bonchev–Trinajstić information content (AvgIpc) is 2.58. The Morgan fingerprint density at radius 3 is 2.27 bits per heavy atom. The summed E-state index contributed by atoms with van der Waals surface area (Å²) in [7, 11) is -3.66. The number of anilines is 1. The van der Waals surface area contributed by atoms with Gasteiger partial charge in [0, 0.05) is 24.3 Å². The van der Waals surface area contributed by atoms with Gasteiger partial charge in [0.2, 0.25) is 10.0 Å².